The number of carbonyl (C=O) groups is 4. The molecule has 1 unspecified atom stereocenters. The normalized spacial score (nSPS) is 14.5. The lowest BCUT2D eigenvalue weighted by molar-refractivity contribution is 0.243. The molecule has 0 radical (unpaired) electrons. The molecule has 702 valence electrons. The summed E-state index contributed by atoms with van der Waals surface area (Å²) in [6.07, 6.45) is 29.3. The van der Waals surface area contributed by atoms with E-state index in [4.69, 9.17) is 84.3 Å². The number of nitrogen functional groups attached to an aromatic ring is 4. The zero-order chi connectivity index (χ0) is 95.5. The quantitative estimate of drug-likeness (QED) is 0.0337. The molecule has 4 fully saturated rings. The molecule has 137 heavy (non-hydrogen) atoms. The van der Waals surface area contributed by atoms with Crippen molar-refractivity contribution in [3.63, 3.8) is 0 Å². The highest BCUT2D eigenvalue weighted by molar-refractivity contribution is 6.37. The van der Waals surface area contributed by atoms with Crippen molar-refractivity contribution in [2.75, 3.05) is 90.5 Å². The number of aromatic nitrogens is 20. The molecule has 0 spiro atoms. The third kappa shape index (κ3) is 22.7. The maximum atomic E-state index is 12.7. The second-order valence-electron chi connectivity index (χ2n) is 34.5. The second kappa shape index (κ2) is 42.3. The van der Waals surface area contributed by atoms with Gasteiger partial charge in [-0.25, -0.2) is 59.0 Å². The molecule has 41 heteroatoms. The van der Waals surface area contributed by atoms with Crippen LogP contribution in [0.5, 0.6) is 0 Å². The Labute approximate surface area is 807 Å². The molecule has 1 atom stereocenters. The van der Waals surface area contributed by atoms with Crippen molar-refractivity contribution in [1.82, 2.24) is 125 Å². The van der Waals surface area contributed by atoms with Crippen LogP contribution in [0.15, 0.2) is 171 Å². The van der Waals surface area contributed by atoms with Gasteiger partial charge in [-0.3, -0.25) is 59.9 Å². The van der Waals surface area contributed by atoms with Crippen LogP contribution in [0.1, 0.15) is 83.5 Å². The minimum Gasteiger partial charge on any atom is -0.381 e. The number of nitrogens with zero attached hydrogens (tertiary/aromatic N) is 21. The van der Waals surface area contributed by atoms with Gasteiger partial charge in [-0.05, 0) is 179 Å². The number of fused-ring (bicyclic) bond motifs is 4. The fourth-order valence-corrected chi connectivity index (χ4v) is 18.1. The Hall–Kier alpha value is -14.9. The largest absolute Gasteiger partial charge is 0.381 e. The van der Waals surface area contributed by atoms with E-state index in [-0.39, 0.29) is 70.7 Å². The van der Waals surface area contributed by atoms with Gasteiger partial charge in [-0.1, -0.05) is 109 Å². The van der Waals surface area contributed by atoms with Gasteiger partial charge in [0.1, 0.15) is 68.3 Å². The van der Waals surface area contributed by atoms with E-state index < -0.39 is 0 Å². The lowest BCUT2D eigenvalue weighted by atomic mass is 9.85. The van der Waals surface area contributed by atoms with Crippen molar-refractivity contribution in [2.45, 2.75) is 83.5 Å². The molecule has 4 aromatic carbocycles. The van der Waals surface area contributed by atoms with E-state index in [2.05, 4.69) is 120 Å². The van der Waals surface area contributed by atoms with E-state index in [9.17, 15) is 19.2 Å². The Kier molecular flexibility index (Phi) is 29.0. The molecule has 1 aliphatic heterocycles. The number of amides is 8. The maximum absolute atomic E-state index is 12.7. The number of nitrogens with two attached hydrogens (primary N) is 4. The van der Waals surface area contributed by atoms with Gasteiger partial charge >= 0.3 is 24.1 Å². The van der Waals surface area contributed by atoms with E-state index in [1.54, 1.807) is 67.8 Å². The summed E-state index contributed by atoms with van der Waals surface area (Å²) in [5.41, 5.74) is 36.9. The van der Waals surface area contributed by atoms with Gasteiger partial charge in [-0.15, -0.1) is 0 Å². The monoisotopic (exact) mass is 1920 g/mol. The van der Waals surface area contributed by atoms with Gasteiger partial charge in [-0.2, -0.15) is 20.4 Å². The van der Waals surface area contributed by atoms with Gasteiger partial charge in [0.15, 0.2) is 46.5 Å². The molecular formula is C96H101Cl4N33O4. The van der Waals surface area contributed by atoms with Crippen LogP contribution in [0.2, 0.25) is 20.1 Å². The van der Waals surface area contributed by atoms with Crippen LogP contribution in [0.25, 0.3) is 134 Å². The molecule has 20 rings (SSSR count). The maximum Gasteiger partial charge on any atom is 0.320 e. The van der Waals surface area contributed by atoms with E-state index in [0.717, 1.165) is 79.6 Å². The number of aryl methyl sites for hydroxylation is 4. The topological polar surface area (TPSA) is 498 Å². The Bertz CT molecular complexity index is 6980. The van der Waals surface area contributed by atoms with Crippen LogP contribution >= 0.6 is 46.4 Å². The zero-order valence-corrected chi connectivity index (χ0v) is 78.8. The average Bonchev–Trinajstić information content (AvgIpc) is 1.78. The number of urea groups is 4. The van der Waals surface area contributed by atoms with Crippen LogP contribution < -0.4 is 65.5 Å². The minimum absolute atomic E-state index is 0.0960. The average molecular weight is 1920 g/mol. The third-order valence-electron chi connectivity index (χ3n) is 24.3. The summed E-state index contributed by atoms with van der Waals surface area (Å²) < 4.78 is 6.71. The van der Waals surface area contributed by atoms with Crippen molar-refractivity contribution in [3.8, 4) is 90.6 Å². The summed E-state index contributed by atoms with van der Waals surface area (Å²) in [7, 11) is 9.37. The number of benzene rings is 4. The number of halogens is 4. The minimum atomic E-state index is -0.377. The first-order chi connectivity index (χ1) is 66.3. The van der Waals surface area contributed by atoms with Crippen LogP contribution in [0.4, 0.5) is 65.7 Å². The first-order valence-corrected chi connectivity index (χ1v) is 46.6. The SMILES string of the molecule is CN1CCC(CNC(=O)Nc2nc(-c3cc(Cl)c4ncccc4c3)c(-c3ccn(C)n3)nc2N)C1.Cn1ccc(-c2nc(N)c(NC(=O)NCC3CCC3)nc2-c2cc(Cl)c3ncccc3c2)n1.Cn1ccc(-c2nc(N)c(NC(=O)NCC3CCCC3)nc2-c2cc(Cl)c3ncccc3c2)n1.Cn1ccc(-c2nc(N)c(NC(=O)NCC3CCCCC3)nc2-c2cc(Cl)c3ncccc3c2)n1. The molecule has 0 bridgehead atoms. The summed E-state index contributed by atoms with van der Waals surface area (Å²) in [6, 6.07) is 35.8. The third-order valence-corrected chi connectivity index (χ3v) is 25.4. The van der Waals surface area contributed by atoms with Crippen LogP contribution in [-0.4, -0.2) is 174 Å². The summed E-state index contributed by atoms with van der Waals surface area (Å²) in [4.78, 5) is 107. The number of pyridine rings is 4. The number of hydrogen-bond acceptors (Lipinski definition) is 25. The summed E-state index contributed by atoms with van der Waals surface area (Å²) in [5.74, 6) is 3.11. The number of carbonyl (C=O) groups excluding carboxylic acids is 4. The highest BCUT2D eigenvalue weighted by Gasteiger charge is 2.29. The van der Waals surface area contributed by atoms with Crippen LogP contribution in [0.3, 0.4) is 0 Å². The smallest absolute Gasteiger partial charge is 0.320 e. The molecule has 3 aliphatic carbocycles. The predicted molar refractivity (Wildman–Crippen MR) is 537 cm³/mol. The predicted octanol–water partition coefficient (Wildman–Crippen LogP) is 17.3. The first-order valence-electron chi connectivity index (χ1n) is 45.1. The Morgan fingerprint density at radius 1 is 0.321 bits per heavy atom. The molecule has 1 saturated heterocycles. The van der Waals surface area contributed by atoms with Crippen molar-refractivity contribution in [3.05, 3.63) is 191 Å². The van der Waals surface area contributed by atoms with Gasteiger partial charge < -0.3 is 49.1 Å². The molecule has 4 aliphatic rings. The Morgan fingerprint density at radius 2 is 0.577 bits per heavy atom. The lowest BCUT2D eigenvalue weighted by Crippen LogP contribution is -2.35. The summed E-state index contributed by atoms with van der Waals surface area (Å²) >= 11 is 26.2. The van der Waals surface area contributed by atoms with E-state index in [1.807, 2.05) is 150 Å². The Morgan fingerprint density at radius 3 is 0.810 bits per heavy atom. The lowest BCUT2D eigenvalue weighted by Gasteiger charge is -2.25. The molecular weight excluding hydrogens is 1820 g/mol. The number of rotatable bonds is 20. The highest BCUT2D eigenvalue weighted by atomic mass is 35.5. The number of nitrogens with one attached hydrogen (secondary N) is 8. The number of likely N-dealkylation sites (tertiary alicyclic amines) is 1. The first kappa shape index (κ1) is 93.9. The number of hydrogen-bond donors (Lipinski definition) is 12. The molecule has 37 nitrogen and oxygen atoms in total. The molecule has 13 heterocycles. The van der Waals surface area contributed by atoms with Crippen LogP contribution in [-0.2, 0) is 28.2 Å². The second-order valence-corrected chi connectivity index (χ2v) is 36.1. The van der Waals surface area contributed by atoms with Crippen LogP contribution in [0, 0.1) is 23.7 Å². The summed E-state index contributed by atoms with van der Waals surface area (Å²) in [6.45, 7) is 4.47. The van der Waals surface area contributed by atoms with Crippen molar-refractivity contribution in [2.24, 2.45) is 51.9 Å². The fraction of sp³-hybridized carbons (Fsp3) is 0.292. The summed E-state index contributed by atoms with van der Waals surface area (Å²) in [5, 5.41) is 46.0. The van der Waals surface area contributed by atoms with E-state index in [0.29, 0.717) is 183 Å². The zero-order valence-electron chi connectivity index (χ0n) is 75.8. The fourth-order valence-electron chi connectivity index (χ4n) is 17.0. The number of anilines is 8. The Balaban J connectivity index is 0.000000127. The van der Waals surface area contributed by atoms with Crippen molar-refractivity contribution in [1.29, 1.82) is 0 Å². The van der Waals surface area contributed by atoms with E-state index in [1.165, 1.54) is 38.5 Å². The molecule has 8 amide bonds. The van der Waals surface area contributed by atoms with Gasteiger partial charge in [0.2, 0.25) is 0 Å². The van der Waals surface area contributed by atoms with Gasteiger partial charge in [0, 0.05) is 154 Å². The van der Waals surface area contributed by atoms with E-state index >= 15 is 0 Å². The molecule has 16 aromatic rings. The van der Waals surface area contributed by atoms with Crippen molar-refractivity contribution >= 4 is 161 Å². The van der Waals surface area contributed by atoms with Gasteiger partial charge in [0.25, 0.3) is 0 Å². The van der Waals surface area contributed by atoms with Crippen molar-refractivity contribution < 1.29 is 19.2 Å². The molecule has 16 N–H and O–H groups in total. The molecule has 3 saturated carbocycles. The highest BCUT2D eigenvalue weighted by Crippen LogP contribution is 2.42. The standard InChI is InChI=1S/C25H27ClN8O.C24H26ClN9O.C24H25ClN8O.C23H23ClN8O/c1-34-11-9-19(33-34)22-21(17-12-16-8-5-10-28-20(16)18(26)13-17)31-24(23(27)30-22)32-25(35)29-14-15-6-3-2-4-7-15;1-33-8-5-14(13-33)12-28-24(35)31-23-22(26)29-21(18-6-9-34(2)32-18)20(30-23)16-10-15-4-3-7-27-19(15)17(25)11-16;1-33-10-8-18(32-33)21-20(16-11-15-7-4-9-27-19(15)17(25)12-16)30-23(22(26)29-21)31-24(34)28-13-14-5-2-3-6-14;1-32-9-7-17(31-32)20-19(15-10-14-6-3-8-26-18(14)16(24)11-15)29-22(21(25)28-20)30-23(33)27-12-13-4-2-5-13/h5,8-13,15H,2-4,6-7,14H2,1H3,(H2,27,30)(H2,29,31,32,35);3-4,6-7,9-11,14H,5,8,12-13H2,1-2H3,(H2,26,29)(H2,28,30,31,35);4,7-12,14H,2-3,5-6,13H2,1H3,(H2,26,29)(H2,28,30,31,34);3,6-11,13H,2,4-5,12H2,1H3,(H2,25,28)(H2,27,29,30,33). The van der Waals surface area contributed by atoms with Gasteiger partial charge in [0.05, 0.1) is 42.2 Å². The molecule has 12 aromatic heterocycles.